The Morgan fingerprint density at radius 3 is 2.62 bits per heavy atom. The molecule has 1 aromatic carbocycles. The first-order valence-electron chi connectivity index (χ1n) is 6.27. The summed E-state index contributed by atoms with van der Waals surface area (Å²) in [6.07, 6.45) is 0.279. The van der Waals surface area contributed by atoms with E-state index in [-0.39, 0.29) is 29.4 Å². The van der Waals surface area contributed by atoms with Gasteiger partial charge in [0.05, 0.1) is 23.0 Å². The van der Waals surface area contributed by atoms with Crippen LogP contribution >= 0.6 is 15.9 Å². The van der Waals surface area contributed by atoms with Crippen LogP contribution in [0.3, 0.4) is 0 Å². The predicted octanol–water partition coefficient (Wildman–Crippen LogP) is 0.715. The van der Waals surface area contributed by atoms with E-state index in [4.69, 9.17) is 0 Å². The number of benzene rings is 1. The molecule has 0 amide bonds. The van der Waals surface area contributed by atoms with Gasteiger partial charge in [-0.1, -0.05) is 15.9 Å². The largest absolute Gasteiger partial charge is 0.392 e. The Kier molecular flexibility index (Phi) is 4.79. The fraction of sp³-hybridized carbons (Fsp3) is 0.500. The standard InChI is InChI=1S/C12H16BrNO5S2/c1-8-11(13)4-9(6-15)5-12(8)21(18,19)14-10-2-3-20(16,17)7-10/h4-5,10,14-15H,2-3,6-7H2,1H3. The monoisotopic (exact) mass is 397 g/mol. The van der Waals surface area contributed by atoms with Gasteiger partial charge in [-0.15, -0.1) is 0 Å². The SMILES string of the molecule is Cc1c(Br)cc(CO)cc1S(=O)(=O)NC1CCS(=O)(=O)C1. The molecule has 6 nitrogen and oxygen atoms in total. The highest BCUT2D eigenvalue weighted by Gasteiger charge is 2.32. The quantitative estimate of drug-likeness (QED) is 0.779. The summed E-state index contributed by atoms with van der Waals surface area (Å²) in [4.78, 5) is 0.0465. The average Bonchev–Trinajstić information content (AvgIpc) is 2.70. The molecular weight excluding hydrogens is 382 g/mol. The predicted molar refractivity (Wildman–Crippen MR) is 82.2 cm³/mol. The number of hydrogen-bond acceptors (Lipinski definition) is 5. The van der Waals surface area contributed by atoms with Crippen LogP contribution in [0, 0.1) is 6.92 Å². The Morgan fingerprint density at radius 2 is 2.10 bits per heavy atom. The summed E-state index contributed by atoms with van der Waals surface area (Å²) < 4.78 is 50.7. The highest BCUT2D eigenvalue weighted by atomic mass is 79.9. The minimum Gasteiger partial charge on any atom is -0.392 e. The van der Waals surface area contributed by atoms with Gasteiger partial charge in [0.15, 0.2) is 9.84 Å². The molecule has 0 bridgehead atoms. The van der Waals surface area contributed by atoms with Crippen molar-refractivity contribution in [3.63, 3.8) is 0 Å². The minimum atomic E-state index is -3.84. The van der Waals surface area contributed by atoms with Crippen LogP contribution < -0.4 is 4.72 Å². The zero-order valence-corrected chi connectivity index (χ0v) is 14.6. The maximum Gasteiger partial charge on any atom is 0.241 e. The van der Waals surface area contributed by atoms with Crippen LogP contribution in [0.2, 0.25) is 0 Å². The highest BCUT2D eigenvalue weighted by molar-refractivity contribution is 9.10. The molecule has 118 valence electrons. The first-order chi connectivity index (χ1) is 9.64. The second kappa shape index (κ2) is 5.96. The van der Waals surface area contributed by atoms with Gasteiger partial charge in [-0.2, -0.15) is 0 Å². The number of sulfone groups is 1. The molecule has 1 saturated heterocycles. The molecule has 1 fully saturated rings. The van der Waals surface area contributed by atoms with Crippen molar-refractivity contribution in [3.05, 3.63) is 27.7 Å². The zero-order chi connectivity index (χ0) is 15.8. The Bertz CT molecular complexity index is 758. The minimum absolute atomic E-state index is 0.000453. The third-order valence-corrected chi connectivity index (χ3v) is 7.62. The summed E-state index contributed by atoms with van der Waals surface area (Å²) in [5, 5.41) is 9.18. The molecule has 0 saturated carbocycles. The molecule has 1 aliphatic heterocycles. The lowest BCUT2D eigenvalue weighted by molar-refractivity contribution is 0.281. The van der Waals surface area contributed by atoms with Crippen LogP contribution in [0.15, 0.2) is 21.5 Å². The van der Waals surface area contributed by atoms with E-state index in [1.165, 1.54) is 6.07 Å². The van der Waals surface area contributed by atoms with E-state index in [1.54, 1.807) is 13.0 Å². The van der Waals surface area contributed by atoms with Crippen molar-refractivity contribution in [3.8, 4) is 0 Å². The molecule has 0 aliphatic carbocycles. The Morgan fingerprint density at radius 1 is 1.43 bits per heavy atom. The van der Waals surface area contributed by atoms with Crippen molar-refractivity contribution in [1.82, 2.24) is 4.72 Å². The average molecular weight is 398 g/mol. The molecular formula is C12H16BrNO5S2. The van der Waals surface area contributed by atoms with Crippen molar-refractivity contribution < 1.29 is 21.9 Å². The second-order valence-electron chi connectivity index (χ2n) is 5.08. The summed E-state index contributed by atoms with van der Waals surface area (Å²) in [6.45, 7) is 1.37. The van der Waals surface area contributed by atoms with Gasteiger partial charge in [-0.25, -0.2) is 21.6 Å². The number of aliphatic hydroxyl groups excluding tert-OH is 1. The summed E-state index contributed by atoms with van der Waals surface area (Å²) in [6, 6.07) is 2.44. The van der Waals surface area contributed by atoms with Gasteiger partial charge in [0.2, 0.25) is 10.0 Å². The van der Waals surface area contributed by atoms with E-state index >= 15 is 0 Å². The fourth-order valence-electron chi connectivity index (χ4n) is 2.25. The first-order valence-corrected chi connectivity index (χ1v) is 10.4. The summed E-state index contributed by atoms with van der Waals surface area (Å²) in [5.74, 6) is -0.175. The van der Waals surface area contributed by atoms with E-state index < -0.39 is 25.9 Å². The second-order valence-corrected chi connectivity index (χ2v) is 9.85. The maximum atomic E-state index is 12.4. The van der Waals surface area contributed by atoms with Crippen molar-refractivity contribution in [2.24, 2.45) is 0 Å². The highest BCUT2D eigenvalue weighted by Crippen LogP contribution is 2.26. The smallest absolute Gasteiger partial charge is 0.241 e. The molecule has 0 radical (unpaired) electrons. The lowest BCUT2D eigenvalue weighted by Gasteiger charge is -2.15. The fourth-order valence-corrected chi connectivity index (χ4v) is 6.25. The number of hydrogen-bond donors (Lipinski definition) is 2. The van der Waals surface area contributed by atoms with E-state index in [0.29, 0.717) is 15.6 Å². The normalized spacial score (nSPS) is 21.6. The first kappa shape index (κ1) is 16.9. The zero-order valence-electron chi connectivity index (χ0n) is 11.3. The topological polar surface area (TPSA) is 101 Å². The van der Waals surface area contributed by atoms with Crippen molar-refractivity contribution in [2.45, 2.75) is 30.9 Å². The Balaban J connectivity index is 2.34. The van der Waals surface area contributed by atoms with Crippen LogP contribution in [0.1, 0.15) is 17.5 Å². The molecule has 9 heteroatoms. The summed E-state index contributed by atoms with van der Waals surface area (Å²) in [7, 11) is -6.99. The van der Waals surface area contributed by atoms with Crippen molar-refractivity contribution >= 4 is 35.8 Å². The molecule has 0 aromatic heterocycles. The van der Waals surface area contributed by atoms with Crippen LogP contribution in [-0.2, 0) is 26.5 Å². The van der Waals surface area contributed by atoms with E-state index in [2.05, 4.69) is 20.7 Å². The van der Waals surface area contributed by atoms with Gasteiger partial charge in [0.1, 0.15) is 0 Å². The molecule has 21 heavy (non-hydrogen) atoms. The lowest BCUT2D eigenvalue weighted by Crippen LogP contribution is -2.36. The van der Waals surface area contributed by atoms with Gasteiger partial charge < -0.3 is 5.11 Å². The molecule has 1 aliphatic rings. The third kappa shape index (κ3) is 3.84. The van der Waals surface area contributed by atoms with Gasteiger partial charge in [0, 0.05) is 10.5 Å². The molecule has 1 heterocycles. The lowest BCUT2D eigenvalue weighted by atomic mass is 10.2. The van der Waals surface area contributed by atoms with Gasteiger partial charge in [-0.05, 0) is 36.6 Å². The van der Waals surface area contributed by atoms with E-state index in [0.717, 1.165) is 0 Å². The van der Waals surface area contributed by atoms with Gasteiger partial charge in [0.25, 0.3) is 0 Å². The van der Waals surface area contributed by atoms with Crippen LogP contribution in [0.4, 0.5) is 0 Å². The van der Waals surface area contributed by atoms with Crippen LogP contribution in [0.5, 0.6) is 0 Å². The van der Waals surface area contributed by atoms with Crippen molar-refractivity contribution in [1.29, 1.82) is 0 Å². The van der Waals surface area contributed by atoms with Crippen LogP contribution in [-0.4, -0.2) is 39.5 Å². The van der Waals surface area contributed by atoms with E-state index in [1.807, 2.05) is 0 Å². The third-order valence-electron chi connectivity index (χ3n) is 3.38. The molecule has 2 N–H and O–H groups in total. The number of rotatable bonds is 4. The number of nitrogens with one attached hydrogen (secondary N) is 1. The summed E-state index contributed by atoms with van der Waals surface area (Å²) >= 11 is 3.26. The molecule has 1 atom stereocenters. The number of sulfonamides is 1. The van der Waals surface area contributed by atoms with Crippen molar-refractivity contribution in [2.75, 3.05) is 11.5 Å². The van der Waals surface area contributed by atoms with E-state index in [9.17, 15) is 21.9 Å². The Hall–Kier alpha value is -0.480. The Labute approximate surface area is 132 Å². The molecule has 2 rings (SSSR count). The molecule has 1 unspecified atom stereocenters. The van der Waals surface area contributed by atoms with Gasteiger partial charge in [-0.3, -0.25) is 0 Å². The summed E-state index contributed by atoms with van der Waals surface area (Å²) in [5.41, 5.74) is 0.979. The van der Waals surface area contributed by atoms with Crippen LogP contribution in [0.25, 0.3) is 0 Å². The molecule has 0 spiro atoms. The van der Waals surface area contributed by atoms with Gasteiger partial charge >= 0.3 is 0 Å². The maximum absolute atomic E-state index is 12.4. The number of aliphatic hydroxyl groups is 1. The molecule has 1 aromatic rings. The number of halogens is 1.